The third-order valence-electron chi connectivity index (χ3n) is 7.61. The summed E-state index contributed by atoms with van der Waals surface area (Å²) in [4.78, 5) is 13.8. The predicted molar refractivity (Wildman–Crippen MR) is 175 cm³/mol. The number of pyridine rings is 1. The highest BCUT2D eigenvalue weighted by Crippen LogP contribution is 2.35. The van der Waals surface area contributed by atoms with Crippen molar-refractivity contribution < 1.29 is 14.2 Å². The van der Waals surface area contributed by atoms with Gasteiger partial charge in [0.1, 0.15) is 12.4 Å². The van der Waals surface area contributed by atoms with Crippen LogP contribution < -0.4 is 19.8 Å². The van der Waals surface area contributed by atoms with E-state index in [9.17, 15) is 4.79 Å². The van der Waals surface area contributed by atoms with Crippen LogP contribution in [0.15, 0.2) is 46.3 Å². The number of aryl methyl sites for hydroxylation is 1. The fourth-order valence-corrected chi connectivity index (χ4v) is 5.10. The predicted octanol–water partition coefficient (Wildman–Crippen LogP) is 10.2. The molecule has 2 aromatic rings. The zero-order valence-corrected chi connectivity index (χ0v) is 27.0. The second-order valence-electron chi connectivity index (χ2n) is 11.6. The summed E-state index contributed by atoms with van der Waals surface area (Å²) in [5, 5.41) is 0.879. The Kier molecular flexibility index (Phi) is 17.0. The molecule has 0 bridgehead atoms. The van der Waals surface area contributed by atoms with Gasteiger partial charge in [0.25, 0.3) is 5.56 Å². The number of hydrogen-bond donors (Lipinski definition) is 0. The van der Waals surface area contributed by atoms with Crippen molar-refractivity contribution in [2.45, 2.75) is 131 Å². The van der Waals surface area contributed by atoms with Crippen LogP contribution in [0.5, 0.6) is 17.2 Å². The van der Waals surface area contributed by atoms with E-state index in [0.717, 1.165) is 48.8 Å². The van der Waals surface area contributed by atoms with Crippen molar-refractivity contribution >= 4 is 10.9 Å². The molecule has 0 spiro atoms. The average molecular weight is 568 g/mol. The second-order valence-corrected chi connectivity index (χ2v) is 11.6. The summed E-state index contributed by atoms with van der Waals surface area (Å²) in [6, 6.07) is 6.00. The topological polar surface area (TPSA) is 49.7 Å². The molecule has 0 saturated carbocycles. The lowest BCUT2D eigenvalue weighted by Gasteiger charge is -2.18. The van der Waals surface area contributed by atoms with E-state index < -0.39 is 0 Å². The van der Waals surface area contributed by atoms with Gasteiger partial charge in [-0.25, -0.2) is 0 Å². The van der Waals surface area contributed by atoms with Crippen LogP contribution in [0.1, 0.15) is 125 Å². The van der Waals surface area contributed by atoms with Gasteiger partial charge < -0.3 is 18.8 Å². The van der Waals surface area contributed by atoms with Gasteiger partial charge in [-0.15, -0.1) is 0 Å². The molecule has 0 unspecified atom stereocenters. The van der Waals surface area contributed by atoms with Gasteiger partial charge in [0.15, 0.2) is 5.75 Å². The van der Waals surface area contributed by atoms with E-state index in [1.807, 2.05) is 22.8 Å². The first-order chi connectivity index (χ1) is 19.9. The Morgan fingerprint density at radius 2 is 1.46 bits per heavy atom. The Balaban J connectivity index is 2.26. The van der Waals surface area contributed by atoms with Gasteiger partial charge in [0.05, 0.1) is 19.2 Å². The van der Waals surface area contributed by atoms with E-state index in [0.29, 0.717) is 31.3 Å². The Hall–Kier alpha value is -2.69. The lowest BCUT2D eigenvalue weighted by atomic mass is 10.1. The van der Waals surface area contributed by atoms with Crippen molar-refractivity contribution in [3.63, 3.8) is 0 Å². The highest BCUT2D eigenvalue weighted by molar-refractivity contribution is 5.89. The zero-order valence-electron chi connectivity index (χ0n) is 27.0. The molecule has 0 aliphatic rings. The van der Waals surface area contributed by atoms with E-state index in [1.54, 1.807) is 7.11 Å². The Labute approximate surface area is 250 Å². The number of fused-ring (bicyclic) bond motifs is 1. The summed E-state index contributed by atoms with van der Waals surface area (Å²) in [5.74, 6) is 1.59. The largest absolute Gasteiger partial charge is 0.494 e. The molecule has 0 fully saturated rings. The Bertz CT molecular complexity index is 1140. The number of aromatic nitrogens is 1. The van der Waals surface area contributed by atoms with Gasteiger partial charge in [-0.2, -0.15) is 0 Å². The number of hydrogen-bond acceptors (Lipinski definition) is 4. The van der Waals surface area contributed by atoms with Gasteiger partial charge in [0.2, 0.25) is 5.75 Å². The van der Waals surface area contributed by atoms with Crippen molar-refractivity contribution in [2.24, 2.45) is 0 Å². The lowest BCUT2D eigenvalue weighted by Crippen LogP contribution is -2.24. The summed E-state index contributed by atoms with van der Waals surface area (Å²) >= 11 is 0. The molecule has 0 aliphatic carbocycles. The third-order valence-corrected chi connectivity index (χ3v) is 7.61. The number of methoxy groups -OCH3 is 1. The van der Waals surface area contributed by atoms with Gasteiger partial charge in [-0.1, -0.05) is 95.3 Å². The van der Waals surface area contributed by atoms with E-state index in [-0.39, 0.29) is 5.56 Å². The standard InChI is InChI=1S/C36H57NO4/c1-7-9-11-13-15-17-25-37-33-28-31(40-26-18-16-14-12-10-8-2)22-23-32(33)34(39-6)35(36(37)38)41-27-24-30(5)21-19-20-29(3)4/h20,22-24,28H,7-19,21,25-27H2,1-6H3/b30-24+. The minimum absolute atomic E-state index is 0.133. The smallest absolute Gasteiger partial charge is 0.297 e. The molecule has 41 heavy (non-hydrogen) atoms. The van der Waals surface area contributed by atoms with Gasteiger partial charge in [0, 0.05) is 18.0 Å². The number of rotatable bonds is 22. The third kappa shape index (κ3) is 12.4. The number of ether oxygens (including phenoxy) is 3. The van der Waals surface area contributed by atoms with Crippen LogP contribution in [0.3, 0.4) is 0 Å². The van der Waals surface area contributed by atoms with Crippen molar-refractivity contribution in [1.82, 2.24) is 4.57 Å². The van der Waals surface area contributed by atoms with Crippen LogP contribution in [0, 0.1) is 0 Å². The van der Waals surface area contributed by atoms with Crippen LogP contribution in [0.2, 0.25) is 0 Å². The second kappa shape index (κ2) is 20.2. The molecule has 1 heterocycles. The molecule has 0 radical (unpaired) electrons. The first-order valence-corrected chi connectivity index (χ1v) is 16.2. The molecule has 0 aliphatic heterocycles. The normalized spacial score (nSPS) is 11.6. The first kappa shape index (κ1) is 34.5. The summed E-state index contributed by atoms with van der Waals surface area (Å²) in [5.41, 5.74) is 3.30. The van der Waals surface area contributed by atoms with Gasteiger partial charge >= 0.3 is 0 Å². The monoisotopic (exact) mass is 567 g/mol. The molecule has 1 aromatic heterocycles. The molecule has 2 rings (SSSR count). The van der Waals surface area contributed by atoms with Gasteiger partial charge in [-0.3, -0.25) is 4.79 Å². The maximum atomic E-state index is 13.8. The van der Waals surface area contributed by atoms with Crippen LogP contribution in [0.25, 0.3) is 10.9 Å². The first-order valence-electron chi connectivity index (χ1n) is 16.2. The van der Waals surface area contributed by atoms with Crippen molar-refractivity contribution in [3.8, 4) is 17.2 Å². The maximum absolute atomic E-state index is 13.8. The van der Waals surface area contributed by atoms with E-state index in [4.69, 9.17) is 14.2 Å². The molecular formula is C36H57NO4. The molecule has 5 nitrogen and oxygen atoms in total. The molecule has 5 heteroatoms. The summed E-state index contributed by atoms with van der Waals surface area (Å²) in [6.07, 6.45) is 20.7. The summed E-state index contributed by atoms with van der Waals surface area (Å²) in [7, 11) is 1.61. The average Bonchev–Trinajstić information content (AvgIpc) is 2.95. The van der Waals surface area contributed by atoms with E-state index in [1.165, 1.54) is 68.9 Å². The molecule has 0 amide bonds. The molecule has 1 aromatic carbocycles. The SMILES string of the molecule is CCCCCCCCOc1ccc2c(OC)c(OC/C=C(\C)CCC=C(C)C)c(=O)n(CCCCCCCC)c2c1. The highest BCUT2D eigenvalue weighted by atomic mass is 16.5. The molecule has 0 atom stereocenters. The number of unbranched alkanes of at least 4 members (excludes halogenated alkanes) is 10. The highest BCUT2D eigenvalue weighted by Gasteiger charge is 2.19. The van der Waals surface area contributed by atoms with Crippen molar-refractivity contribution in [2.75, 3.05) is 20.3 Å². The van der Waals surface area contributed by atoms with Crippen molar-refractivity contribution in [3.05, 3.63) is 51.9 Å². The minimum atomic E-state index is -0.133. The van der Waals surface area contributed by atoms with Crippen LogP contribution in [0.4, 0.5) is 0 Å². The van der Waals surface area contributed by atoms with Crippen LogP contribution in [-0.4, -0.2) is 24.9 Å². The lowest BCUT2D eigenvalue weighted by molar-refractivity contribution is 0.304. The zero-order chi connectivity index (χ0) is 29.9. The van der Waals surface area contributed by atoms with Crippen LogP contribution in [-0.2, 0) is 6.54 Å². The minimum Gasteiger partial charge on any atom is -0.494 e. The number of allylic oxidation sites excluding steroid dienone is 3. The summed E-state index contributed by atoms with van der Waals surface area (Å²) < 4.78 is 19.9. The number of benzene rings is 1. The number of nitrogens with zero attached hydrogens (tertiary/aromatic N) is 1. The Morgan fingerprint density at radius 3 is 2.12 bits per heavy atom. The molecular weight excluding hydrogens is 510 g/mol. The quantitative estimate of drug-likeness (QED) is 0.105. The van der Waals surface area contributed by atoms with Crippen molar-refractivity contribution in [1.29, 1.82) is 0 Å². The fourth-order valence-electron chi connectivity index (χ4n) is 5.10. The van der Waals surface area contributed by atoms with E-state index in [2.05, 4.69) is 46.8 Å². The summed E-state index contributed by atoms with van der Waals surface area (Å²) in [6.45, 7) is 12.5. The van der Waals surface area contributed by atoms with Crippen LogP contribution >= 0.6 is 0 Å². The Morgan fingerprint density at radius 1 is 0.805 bits per heavy atom. The molecule has 230 valence electrons. The fraction of sp³-hybridized carbons (Fsp3) is 0.639. The van der Waals surface area contributed by atoms with Gasteiger partial charge in [-0.05, 0) is 64.7 Å². The molecule has 0 N–H and O–H groups in total. The molecule has 0 saturated heterocycles. The maximum Gasteiger partial charge on any atom is 0.297 e. The van der Waals surface area contributed by atoms with E-state index >= 15 is 0 Å².